The van der Waals surface area contributed by atoms with Crippen molar-refractivity contribution in [1.29, 1.82) is 5.26 Å². The van der Waals surface area contributed by atoms with E-state index in [1.807, 2.05) is 13.8 Å². The molecule has 0 aliphatic heterocycles. The van der Waals surface area contributed by atoms with Crippen molar-refractivity contribution >= 4 is 5.78 Å². The fourth-order valence-electron chi connectivity index (χ4n) is 2.10. The van der Waals surface area contributed by atoms with E-state index in [1.54, 1.807) is 12.1 Å². The summed E-state index contributed by atoms with van der Waals surface area (Å²) in [6.45, 7) is 4.07. The second-order valence-corrected chi connectivity index (χ2v) is 4.44. The van der Waals surface area contributed by atoms with E-state index >= 15 is 0 Å². The summed E-state index contributed by atoms with van der Waals surface area (Å²) in [5, 5.41) is 8.65. The zero-order valence-corrected chi connectivity index (χ0v) is 10.9. The van der Waals surface area contributed by atoms with Crippen LogP contribution in [0.1, 0.15) is 55.5 Å². The van der Waals surface area contributed by atoms with Gasteiger partial charge in [0.05, 0.1) is 5.56 Å². The lowest BCUT2D eigenvalue weighted by molar-refractivity contribution is 0.0904. The average molecular weight is 247 g/mol. The molecule has 18 heavy (non-hydrogen) atoms. The molecule has 3 heteroatoms. The first-order chi connectivity index (χ1) is 8.63. The highest BCUT2D eigenvalue weighted by Gasteiger charge is 2.19. The van der Waals surface area contributed by atoms with Crippen LogP contribution in [0.2, 0.25) is 0 Å². The molecule has 2 nitrogen and oxygen atoms in total. The molecule has 0 bridgehead atoms. The van der Waals surface area contributed by atoms with Crippen molar-refractivity contribution in [2.75, 3.05) is 0 Å². The van der Waals surface area contributed by atoms with Gasteiger partial charge in [-0.05, 0) is 31.0 Å². The van der Waals surface area contributed by atoms with Crippen LogP contribution >= 0.6 is 0 Å². The Kier molecular flexibility index (Phi) is 5.51. The molecule has 1 aromatic carbocycles. The summed E-state index contributed by atoms with van der Waals surface area (Å²) < 4.78 is 13.5. The molecule has 0 saturated carbocycles. The summed E-state index contributed by atoms with van der Waals surface area (Å²) in [4.78, 5) is 12.2. The average Bonchev–Trinajstić information content (AvgIpc) is 2.37. The van der Waals surface area contributed by atoms with Crippen LogP contribution in [0.3, 0.4) is 0 Å². The number of hydrogen-bond donors (Lipinski definition) is 0. The molecular formula is C15H18FNO. The lowest BCUT2D eigenvalue weighted by Crippen LogP contribution is -2.15. The SMILES string of the molecule is CCCC(CCC)C(=O)c1ccc(C#N)c(F)c1. The van der Waals surface area contributed by atoms with Crippen molar-refractivity contribution < 1.29 is 9.18 Å². The minimum Gasteiger partial charge on any atom is -0.294 e. The maximum Gasteiger partial charge on any atom is 0.166 e. The van der Waals surface area contributed by atoms with Gasteiger partial charge in [0.1, 0.15) is 11.9 Å². The maximum absolute atomic E-state index is 13.5. The van der Waals surface area contributed by atoms with Crippen LogP contribution < -0.4 is 0 Å². The molecule has 1 rings (SSSR count). The van der Waals surface area contributed by atoms with E-state index < -0.39 is 5.82 Å². The van der Waals surface area contributed by atoms with Crippen molar-refractivity contribution in [1.82, 2.24) is 0 Å². The summed E-state index contributed by atoms with van der Waals surface area (Å²) in [7, 11) is 0. The molecule has 0 amide bonds. The van der Waals surface area contributed by atoms with Gasteiger partial charge in [-0.2, -0.15) is 5.26 Å². The first-order valence-corrected chi connectivity index (χ1v) is 6.37. The number of carbonyl (C=O) groups is 1. The molecular weight excluding hydrogens is 229 g/mol. The number of nitrogens with zero attached hydrogens (tertiary/aromatic N) is 1. The van der Waals surface area contributed by atoms with Crippen LogP contribution in [-0.2, 0) is 0 Å². The topological polar surface area (TPSA) is 40.9 Å². The fourth-order valence-corrected chi connectivity index (χ4v) is 2.10. The van der Waals surface area contributed by atoms with Gasteiger partial charge in [-0.1, -0.05) is 26.7 Å². The zero-order chi connectivity index (χ0) is 13.5. The van der Waals surface area contributed by atoms with Gasteiger partial charge in [0, 0.05) is 11.5 Å². The predicted octanol–water partition coefficient (Wildman–Crippen LogP) is 4.10. The summed E-state index contributed by atoms with van der Waals surface area (Å²) in [6, 6.07) is 5.85. The normalized spacial score (nSPS) is 10.4. The van der Waals surface area contributed by atoms with Gasteiger partial charge >= 0.3 is 0 Å². The van der Waals surface area contributed by atoms with Crippen LogP contribution in [0.5, 0.6) is 0 Å². The molecule has 0 radical (unpaired) electrons. The minimum atomic E-state index is -0.616. The lowest BCUT2D eigenvalue weighted by atomic mass is 9.89. The highest BCUT2D eigenvalue weighted by molar-refractivity contribution is 5.97. The van der Waals surface area contributed by atoms with Crippen LogP contribution in [0.15, 0.2) is 18.2 Å². The van der Waals surface area contributed by atoms with E-state index in [0.29, 0.717) is 5.56 Å². The molecule has 0 N–H and O–H groups in total. The highest BCUT2D eigenvalue weighted by atomic mass is 19.1. The Morgan fingerprint density at radius 1 is 1.33 bits per heavy atom. The van der Waals surface area contributed by atoms with Crippen molar-refractivity contribution in [3.63, 3.8) is 0 Å². The largest absolute Gasteiger partial charge is 0.294 e. The third kappa shape index (κ3) is 3.40. The van der Waals surface area contributed by atoms with E-state index in [4.69, 9.17) is 5.26 Å². The smallest absolute Gasteiger partial charge is 0.166 e. The number of ketones is 1. The van der Waals surface area contributed by atoms with Gasteiger partial charge in [-0.15, -0.1) is 0 Å². The van der Waals surface area contributed by atoms with E-state index in [1.165, 1.54) is 12.1 Å². The molecule has 0 fully saturated rings. The molecule has 0 atom stereocenters. The molecule has 0 aliphatic rings. The Labute approximate surface area is 107 Å². The van der Waals surface area contributed by atoms with E-state index in [2.05, 4.69) is 0 Å². The maximum atomic E-state index is 13.5. The number of Topliss-reactive ketones (excluding diaryl/α,β-unsaturated/α-hetero) is 1. The van der Waals surface area contributed by atoms with Gasteiger partial charge in [0.2, 0.25) is 0 Å². The number of hydrogen-bond acceptors (Lipinski definition) is 2. The Morgan fingerprint density at radius 2 is 1.94 bits per heavy atom. The van der Waals surface area contributed by atoms with Crippen molar-refractivity contribution in [3.8, 4) is 6.07 Å². The van der Waals surface area contributed by atoms with Gasteiger partial charge in [-0.3, -0.25) is 4.79 Å². The quantitative estimate of drug-likeness (QED) is 0.710. The summed E-state index contributed by atoms with van der Waals surface area (Å²) >= 11 is 0. The molecule has 0 aliphatic carbocycles. The van der Waals surface area contributed by atoms with E-state index in [-0.39, 0.29) is 17.3 Å². The molecule has 1 aromatic rings. The standard InChI is InChI=1S/C15H18FNO/c1-3-5-11(6-4-2)15(18)12-7-8-13(10-17)14(16)9-12/h7-9,11H,3-6H2,1-2H3. The van der Waals surface area contributed by atoms with E-state index in [9.17, 15) is 9.18 Å². The van der Waals surface area contributed by atoms with E-state index in [0.717, 1.165) is 25.7 Å². The second kappa shape index (κ2) is 6.90. The second-order valence-electron chi connectivity index (χ2n) is 4.44. The van der Waals surface area contributed by atoms with Crippen molar-refractivity contribution in [2.45, 2.75) is 39.5 Å². The Morgan fingerprint density at radius 3 is 2.39 bits per heavy atom. The van der Waals surface area contributed by atoms with Gasteiger partial charge in [0.15, 0.2) is 5.78 Å². The third-order valence-corrected chi connectivity index (χ3v) is 3.02. The fraction of sp³-hybridized carbons (Fsp3) is 0.467. The first kappa shape index (κ1) is 14.4. The summed E-state index contributed by atoms with van der Waals surface area (Å²) in [5.41, 5.74) is 0.354. The van der Waals surface area contributed by atoms with Gasteiger partial charge in [0.25, 0.3) is 0 Å². The zero-order valence-electron chi connectivity index (χ0n) is 10.9. The van der Waals surface area contributed by atoms with Crippen LogP contribution in [0.25, 0.3) is 0 Å². The van der Waals surface area contributed by atoms with Crippen molar-refractivity contribution in [3.05, 3.63) is 35.1 Å². The molecule has 0 spiro atoms. The van der Waals surface area contributed by atoms with Crippen LogP contribution in [0.4, 0.5) is 4.39 Å². The monoisotopic (exact) mass is 247 g/mol. The molecule has 0 heterocycles. The molecule has 0 saturated heterocycles. The Bertz CT molecular complexity index is 456. The number of halogens is 1. The minimum absolute atomic E-state index is 0.0120. The Balaban J connectivity index is 2.95. The summed E-state index contributed by atoms with van der Waals surface area (Å²) in [6.07, 6.45) is 3.53. The third-order valence-electron chi connectivity index (χ3n) is 3.02. The van der Waals surface area contributed by atoms with Crippen molar-refractivity contribution in [2.24, 2.45) is 5.92 Å². The number of carbonyl (C=O) groups excluding carboxylic acids is 1. The lowest BCUT2D eigenvalue weighted by Gasteiger charge is -2.14. The number of rotatable bonds is 6. The molecule has 0 aromatic heterocycles. The van der Waals surface area contributed by atoms with Gasteiger partial charge < -0.3 is 0 Å². The predicted molar refractivity (Wildman–Crippen MR) is 68.8 cm³/mol. The van der Waals surface area contributed by atoms with Crippen LogP contribution in [0, 0.1) is 23.1 Å². The number of benzene rings is 1. The van der Waals surface area contributed by atoms with Gasteiger partial charge in [-0.25, -0.2) is 4.39 Å². The van der Waals surface area contributed by atoms with Crippen LogP contribution in [-0.4, -0.2) is 5.78 Å². The molecule has 96 valence electrons. The first-order valence-electron chi connectivity index (χ1n) is 6.37. The number of nitriles is 1. The highest BCUT2D eigenvalue weighted by Crippen LogP contribution is 2.20. The molecule has 0 unspecified atom stereocenters. The summed E-state index contributed by atoms with van der Waals surface area (Å²) in [5.74, 6) is -0.662. The Hall–Kier alpha value is -1.69.